The molecular weight excluding hydrogens is 308 g/mol. The van der Waals surface area contributed by atoms with Gasteiger partial charge in [0.2, 0.25) is 5.91 Å². The van der Waals surface area contributed by atoms with Crippen molar-refractivity contribution in [1.29, 1.82) is 0 Å². The summed E-state index contributed by atoms with van der Waals surface area (Å²) in [5.41, 5.74) is -0.146. The van der Waals surface area contributed by atoms with E-state index >= 15 is 0 Å². The molecule has 2 aliphatic heterocycles. The van der Waals surface area contributed by atoms with E-state index in [-0.39, 0.29) is 24.2 Å². The molecule has 3 heterocycles. The molecule has 0 radical (unpaired) electrons. The lowest BCUT2D eigenvalue weighted by atomic mass is 9.82. The van der Waals surface area contributed by atoms with Crippen molar-refractivity contribution >= 4 is 5.91 Å². The molecule has 1 saturated carbocycles. The summed E-state index contributed by atoms with van der Waals surface area (Å²) in [5.74, 6) is 1.15. The van der Waals surface area contributed by atoms with Gasteiger partial charge in [0.25, 0.3) is 0 Å². The molecule has 1 amide bonds. The summed E-state index contributed by atoms with van der Waals surface area (Å²) in [6.45, 7) is 1.54. The lowest BCUT2D eigenvalue weighted by molar-refractivity contribution is -0.123. The zero-order valence-corrected chi connectivity index (χ0v) is 14.1. The molecular formula is C17H26N4O3. The van der Waals surface area contributed by atoms with Crippen molar-refractivity contribution < 1.29 is 9.53 Å². The van der Waals surface area contributed by atoms with Crippen LogP contribution in [-0.4, -0.2) is 39.0 Å². The number of amides is 1. The van der Waals surface area contributed by atoms with Crippen molar-refractivity contribution in [2.45, 2.75) is 76.6 Å². The Bertz CT molecular complexity index is 665. The molecule has 4 rings (SSSR count). The molecule has 132 valence electrons. The van der Waals surface area contributed by atoms with Gasteiger partial charge in [0.1, 0.15) is 12.4 Å². The first-order valence-corrected chi connectivity index (χ1v) is 9.30. The second kappa shape index (κ2) is 6.70. The van der Waals surface area contributed by atoms with E-state index in [9.17, 15) is 9.59 Å². The summed E-state index contributed by atoms with van der Waals surface area (Å²) in [7, 11) is 0. The molecule has 0 bridgehead atoms. The number of nitrogens with zero attached hydrogens (tertiary/aromatic N) is 3. The predicted octanol–water partition coefficient (Wildman–Crippen LogP) is 0.845. The number of fused-ring (bicyclic) bond motifs is 2. The quantitative estimate of drug-likeness (QED) is 0.889. The van der Waals surface area contributed by atoms with Crippen LogP contribution in [0.5, 0.6) is 0 Å². The third-order valence-electron chi connectivity index (χ3n) is 5.70. The molecule has 0 aromatic carbocycles. The number of carbonyl (C=O) groups is 1. The van der Waals surface area contributed by atoms with Crippen LogP contribution in [0.2, 0.25) is 0 Å². The highest BCUT2D eigenvalue weighted by Crippen LogP contribution is 2.34. The Labute approximate surface area is 141 Å². The molecule has 0 spiro atoms. The van der Waals surface area contributed by atoms with Gasteiger partial charge in [-0.2, -0.15) is 5.10 Å². The average Bonchev–Trinajstić information content (AvgIpc) is 3.07. The van der Waals surface area contributed by atoms with Gasteiger partial charge < -0.3 is 10.1 Å². The molecule has 3 aliphatic rings. The van der Waals surface area contributed by atoms with Crippen molar-refractivity contribution in [2.24, 2.45) is 5.92 Å². The number of hydrogen-bond acceptors (Lipinski definition) is 4. The van der Waals surface area contributed by atoms with E-state index in [0.717, 1.165) is 70.3 Å². The number of aromatic nitrogens is 3. The van der Waals surface area contributed by atoms with E-state index in [1.807, 2.05) is 0 Å². The van der Waals surface area contributed by atoms with Crippen LogP contribution in [0.1, 0.15) is 50.8 Å². The standard InChI is InChI=1S/C17H26N4O3/c22-16(18-13-5-4-6-14-12(13)8-10-24-14)11-21-17(23)20-9-3-1-2-7-15(20)19-21/h12-14H,1-11H2,(H,18,22)/t12-,13+,14+/m0/s1. The van der Waals surface area contributed by atoms with Gasteiger partial charge in [-0.1, -0.05) is 6.42 Å². The Hall–Kier alpha value is -1.63. The Morgan fingerprint density at radius 1 is 1.21 bits per heavy atom. The Balaban J connectivity index is 1.42. The van der Waals surface area contributed by atoms with Crippen LogP contribution >= 0.6 is 0 Å². The number of aryl methyl sites for hydroxylation is 1. The molecule has 1 aromatic heterocycles. The van der Waals surface area contributed by atoms with Gasteiger partial charge in [0.15, 0.2) is 0 Å². The fourth-order valence-electron chi connectivity index (χ4n) is 4.47. The summed E-state index contributed by atoms with van der Waals surface area (Å²) >= 11 is 0. The molecule has 1 N–H and O–H groups in total. The fourth-order valence-corrected chi connectivity index (χ4v) is 4.47. The van der Waals surface area contributed by atoms with Gasteiger partial charge in [-0.05, 0) is 38.5 Å². The van der Waals surface area contributed by atoms with Crippen LogP contribution in [0, 0.1) is 5.92 Å². The van der Waals surface area contributed by atoms with Crippen LogP contribution < -0.4 is 11.0 Å². The van der Waals surface area contributed by atoms with Crippen molar-refractivity contribution in [1.82, 2.24) is 19.7 Å². The van der Waals surface area contributed by atoms with Crippen LogP contribution in [0.15, 0.2) is 4.79 Å². The van der Waals surface area contributed by atoms with E-state index in [0.29, 0.717) is 12.0 Å². The van der Waals surface area contributed by atoms with Crippen molar-refractivity contribution in [3.63, 3.8) is 0 Å². The van der Waals surface area contributed by atoms with E-state index in [2.05, 4.69) is 10.4 Å². The lowest BCUT2D eigenvalue weighted by Crippen LogP contribution is -2.47. The average molecular weight is 334 g/mol. The van der Waals surface area contributed by atoms with E-state index in [1.54, 1.807) is 4.57 Å². The molecule has 1 aromatic rings. The Kier molecular flexibility index (Phi) is 4.43. The minimum atomic E-state index is -0.146. The molecule has 3 atom stereocenters. The van der Waals surface area contributed by atoms with Gasteiger partial charge in [-0.3, -0.25) is 9.36 Å². The van der Waals surface area contributed by atoms with Gasteiger partial charge in [-0.25, -0.2) is 9.48 Å². The van der Waals surface area contributed by atoms with Crippen molar-refractivity contribution in [2.75, 3.05) is 6.61 Å². The maximum absolute atomic E-state index is 12.4. The Morgan fingerprint density at radius 3 is 3.04 bits per heavy atom. The van der Waals surface area contributed by atoms with Gasteiger partial charge in [-0.15, -0.1) is 0 Å². The van der Waals surface area contributed by atoms with E-state index < -0.39 is 0 Å². The largest absolute Gasteiger partial charge is 0.378 e. The molecule has 7 heteroatoms. The highest BCUT2D eigenvalue weighted by molar-refractivity contribution is 5.76. The summed E-state index contributed by atoms with van der Waals surface area (Å²) in [6, 6.07) is 0.176. The SMILES string of the molecule is O=C(Cn1nc2n(c1=O)CCCCC2)N[C@@H]1CCC[C@H]2OCC[C@@H]12. The molecule has 7 nitrogen and oxygen atoms in total. The summed E-state index contributed by atoms with van der Waals surface area (Å²) in [5, 5.41) is 7.52. The number of ether oxygens (including phenoxy) is 1. The maximum atomic E-state index is 12.4. The fraction of sp³-hybridized carbons (Fsp3) is 0.824. The second-order valence-electron chi connectivity index (χ2n) is 7.29. The first kappa shape index (κ1) is 15.9. The zero-order chi connectivity index (χ0) is 16.5. The van der Waals surface area contributed by atoms with Crippen LogP contribution in [-0.2, 0) is 29.0 Å². The second-order valence-corrected chi connectivity index (χ2v) is 7.29. The first-order chi connectivity index (χ1) is 11.7. The molecule has 0 unspecified atom stereocenters. The number of nitrogens with one attached hydrogen (secondary N) is 1. The smallest absolute Gasteiger partial charge is 0.346 e. The monoisotopic (exact) mass is 334 g/mol. The zero-order valence-electron chi connectivity index (χ0n) is 14.1. The third-order valence-corrected chi connectivity index (χ3v) is 5.70. The highest BCUT2D eigenvalue weighted by atomic mass is 16.5. The normalized spacial score (nSPS) is 29.6. The van der Waals surface area contributed by atoms with Crippen molar-refractivity contribution in [3.05, 3.63) is 16.3 Å². The van der Waals surface area contributed by atoms with Gasteiger partial charge in [0, 0.05) is 31.5 Å². The first-order valence-electron chi connectivity index (χ1n) is 9.30. The van der Waals surface area contributed by atoms with Crippen molar-refractivity contribution in [3.8, 4) is 0 Å². The van der Waals surface area contributed by atoms with Crippen LogP contribution in [0.3, 0.4) is 0 Å². The van der Waals surface area contributed by atoms with E-state index in [4.69, 9.17) is 4.74 Å². The third kappa shape index (κ3) is 3.01. The molecule has 2 fully saturated rings. The highest BCUT2D eigenvalue weighted by Gasteiger charge is 2.38. The summed E-state index contributed by atoms with van der Waals surface area (Å²) < 4.78 is 8.82. The topological polar surface area (TPSA) is 78.2 Å². The summed E-state index contributed by atoms with van der Waals surface area (Å²) in [6.07, 6.45) is 8.55. The molecule has 24 heavy (non-hydrogen) atoms. The number of hydrogen-bond donors (Lipinski definition) is 1. The Morgan fingerprint density at radius 2 is 2.12 bits per heavy atom. The lowest BCUT2D eigenvalue weighted by Gasteiger charge is -2.33. The van der Waals surface area contributed by atoms with Gasteiger partial charge >= 0.3 is 5.69 Å². The minimum absolute atomic E-state index is 0.0214. The van der Waals surface area contributed by atoms with Crippen LogP contribution in [0.4, 0.5) is 0 Å². The molecule has 1 aliphatic carbocycles. The minimum Gasteiger partial charge on any atom is -0.378 e. The number of rotatable bonds is 3. The van der Waals surface area contributed by atoms with Crippen LogP contribution in [0.25, 0.3) is 0 Å². The molecule has 1 saturated heterocycles. The van der Waals surface area contributed by atoms with E-state index in [1.165, 1.54) is 4.68 Å². The number of carbonyl (C=O) groups excluding carboxylic acids is 1. The predicted molar refractivity (Wildman–Crippen MR) is 87.7 cm³/mol. The maximum Gasteiger partial charge on any atom is 0.346 e. The summed E-state index contributed by atoms with van der Waals surface area (Å²) in [4.78, 5) is 24.9. The van der Waals surface area contributed by atoms with Gasteiger partial charge in [0.05, 0.1) is 6.10 Å².